The Morgan fingerprint density at radius 3 is 1.34 bits per heavy atom. The van der Waals surface area contributed by atoms with Crippen LogP contribution in [-0.2, 0) is 0 Å². The molecule has 41 heavy (non-hydrogen) atoms. The van der Waals surface area contributed by atoms with E-state index in [-0.39, 0.29) is 0 Å². The van der Waals surface area contributed by atoms with Crippen LogP contribution in [0.1, 0.15) is 28.9 Å². The molecule has 0 atom stereocenters. The smallest absolute Gasteiger partial charge is 0.119 e. The van der Waals surface area contributed by atoms with Gasteiger partial charge in [-0.05, 0) is 71.8 Å². The van der Waals surface area contributed by atoms with Crippen molar-refractivity contribution in [3.63, 3.8) is 0 Å². The van der Waals surface area contributed by atoms with Gasteiger partial charge in [0, 0.05) is 17.2 Å². The summed E-state index contributed by atoms with van der Waals surface area (Å²) in [5, 5.41) is 2.29. The second-order valence-corrected chi connectivity index (χ2v) is 9.71. The number of rotatable bonds is 10. The molecule has 0 saturated carbocycles. The molecule has 4 aromatic carbocycles. The number of hydrogen-bond donors (Lipinski definition) is 0. The van der Waals surface area contributed by atoms with Crippen molar-refractivity contribution in [2.45, 2.75) is 6.42 Å². The first-order chi connectivity index (χ1) is 20.3. The Morgan fingerprint density at radius 1 is 0.439 bits per heavy atom. The Bertz CT molecular complexity index is 1670. The van der Waals surface area contributed by atoms with Gasteiger partial charge in [-0.25, -0.2) is 9.97 Å². The van der Waals surface area contributed by atoms with Crippen LogP contribution in [0.3, 0.4) is 0 Å². The van der Waals surface area contributed by atoms with Crippen LogP contribution in [0.5, 0.6) is 11.5 Å². The fourth-order valence-corrected chi connectivity index (χ4v) is 4.50. The standard InChI is InChI=1S/C37H30N2O2/c1-3-8-36-30(6-1)16-20-32(38-36)18-10-28-12-22-34(23-13-28)40-26-5-27-41-35-24-14-29(15-25-35)11-19-33-21-17-31-7-2-4-9-37(31)39-33/h1-4,6-25H,5,26-27H2/b18-10+,19-11+. The highest BCUT2D eigenvalue weighted by molar-refractivity contribution is 5.81. The van der Waals surface area contributed by atoms with E-state index >= 15 is 0 Å². The molecule has 6 rings (SSSR count). The second kappa shape index (κ2) is 12.8. The molecule has 0 aliphatic heterocycles. The molecular weight excluding hydrogens is 504 g/mol. The summed E-state index contributed by atoms with van der Waals surface area (Å²) in [7, 11) is 0. The lowest BCUT2D eigenvalue weighted by atomic mass is 10.1. The monoisotopic (exact) mass is 534 g/mol. The average Bonchev–Trinajstić information content (AvgIpc) is 3.03. The number of benzene rings is 4. The Labute approximate surface area is 240 Å². The van der Waals surface area contributed by atoms with Gasteiger partial charge in [-0.1, -0.05) is 84.9 Å². The number of fused-ring (bicyclic) bond motifs is 2. The topological polar surface area (TPSA) is 44.2 Å². The van der Waals surface area contributed by atoms with Crippen LogP contribution in [0, 0.1) is 0 Å². The molecule has 4 heteroatoms. The minimum absolute atomic E-state index is 0.593. The first-order valence-corrected chi connectivity index (χ1v) is 13.8. The predicted octanol–water partition coefficient (Wildman–Crippen LogP) is 8.97. The maximum absolute atomic E-state index is 5.90. The highest BCUT2D eigenvalue weighted by atomic mass is 16.5. The third kappa shape index (κ3) is 7.06. The maximum Gasteiger partial charge on any atom is 0.119 e. The van der Waals surface area contributed by atoms with E-state index in [0.29, 0.717) is 13.2 Å². The minimum Gasteiger partial charge on any atom is -0.493 e. The lowest BCUT2D eigenvalue weighted by Gasteiger charge is -2.08. The lowest BCUT2D eigenvalue weighted by Crippen LogP contribution is -2.04. The summed E-state index contributed by atoms with van der Waals surface area (Å²) in [6.45, 7) is 1.19. The molecule has 0 aliphatic rings. The van der Waals surface area contributed by atoms with E-state index in [1.165, 1.54) is 0 Å². The summed E-state index contributed by atoms with van der Waals surface area (Å²) in [6, 6.07) is 40.7. The number of aromatic nitrogens is 2. The van der Waals surface area contributed by atoms with Crippen molar-refractivity contribution in [3.05, 3.63) is 144 Å². The van der Waals surface area contributed by atoms with Crippen LogP contribution in [0.4, 0.5) is 0 Å². The Balaban J connectivity index is 0.926. The van der Waals surface area contributed by atoms with Crippen LogP contribution < -0.4 is 9.47 Å². The van der Waals surface area contributed by atoms with E-state index in [0.717, 1.165) is 62.2 Å². The fraction of sp³-hybridized carbons (Fsp3) is 0.0811. The molecule has 0 N–H and O–H groups in total. The summed E-state index contributed by atoms with van der Waals surface area (Å²) in [5.41, 5.74) is 6.08. The molecule has 0 aliphatic carbocycles. The van der Waals surface area contributed by atoms with Gasteiger partial charge >= 0.3 is 0 Å². The number of pyridine rings is 2. The van der Waals surface area contributed by atoms with E-state index in [1.54, 1.807) is 0 Å². The summed E-state index contributed by atoms with van der Waals surface area (Å²) in [4.78, 5) is 9.38. The van der Waals surface area contributed by atoms with Gasteiger partial charge in [0.15, 0.2) is 0 Å². The maximum atomic E-state index is 5.90. The van der Waals surface area contributed by atoms with Crippen LogP contribution >= 0.6 is 0 Å². The summed E-state index contributed by atoms with van der Waals surface area (Å²) in [5.74, 6) is 1.70. The van der Waals surface area contributed by atoms with Crippen molar-refractivity contribution in [2.24, 2.45) is 0 Å². The average molecular weight is 535 g/mol. The quantitative estimate of drug-likeness (QED) is 0.165. The van der Waals surface area contributed by atoms with Gasteiger partial charge in [-0.15, -0.1) is 0 Å². The lowest BCUT2D eigenvalue weighted by molar-refractivity contribution is 0.247. The molecule has 2 aromatic heterocycles. The second-order valence-electron chi connectivity index (χ2n) is 9.71. The van der Waals surface area contributed by atoms with Crippen LogP contribution in [-0.4, -0.2) is 23.2 Å². The Morgan fingerprint density at radius 2 is 0.878 bits per heavy atom. The summed E-state index contributed by atoms with van der Waals surface area (Å²) >= 11 is 0. The molecule has 6 aromatic rings. The van der Waals surface area contributed by atoms with Crippen molar-refractivity contribution in [1.82, 2.24) is 9.97 Å². The molecule has 2 heterocycles. The predicted molar refractivity (Wildman–Crippen MR) is 170 cm³/mol. The number of hydrogen-bond acceptors (Lipinski definition) is 4. The molecule has 4 nitrogen and oxygen atoms in total. The normalized spacial score (nSPS) is 11.5. The molecule has 0 amide bonds. The molecular formula is C37H30N2O2. The highest BCUT2D eigenvalue weighted by Crippen LogP contribution is 2.18. The highest BCUT2D eigenvalue weighted by Gasteiger charge is 1.99. The molecule has 0 saturated heterocycles. The van der Waals surface area contributed by atoms with Crippen LogP contribution in [0.15, 0.2) is 121 Å². The number of ether oxygens (including phenoxy) is 2. The van der Waals surface area contributed by atoms with Crippen LogP contribution in [0.25, 0.3) is 46.1 Å². The van der Waals surface area contributed by atoms with Crippen molar-refractivity contribution in [3.8, 4) is 11.5 Å². The molecule has 0 fully saturated rings. The molecule has 0 spiro atoms. The Kier molecular flexibility index (Phi) is 8.10. The molecule has 200 valence electrons. The largest absolute Gasteiger partial charge is 0.493 e. The van der Waals surface area contributed by atoms with Crippen molar-refractivity contribution >= 4 is 46.1 Å². The van der Waals surface area contributed by atoms with Gasteiger partial charge in [0.05, 0.1) is 35.6 Å². The summed E-state index contributed by atoms with van der Waals surface area (Å²) < 4.78 is 11.8. The van der Waals surface area contributed by atoms with E-state index in [1.807, 2.05) is 84.9 Å². The van der Waals surface area contributed by atoms with Crippen molar-refractivity contribution < 1.29 is 9.47 Å². The molecule has 0 bridgehead atoms. The fourth-order valence-electron chi connectivity index (χ4n) is 4.50. The summed E-state index contributed by atoms with van der Waals surface area (Å²) in [6.07, 6.45) is 8.99. The van der Waals surface area contributed by atoms with Crippen LogP contribution in [0.2, 0.25) is 0 Å². The number of para-hydroxylation sites is 2. The minimum atomic E-state index is 0.593. The van der Waals surface area contributed by atoms with Crippen molar-refractivity contribution in [2.75, 3.05) is 13.2 Å². The van der Waals surface area contributed by atoms with Crippen molar-refractivity contribution in [1.29, 1.82) is 0 Å². The first-order valence-electron chi connectivity index (χ1n) is 13.8. The van der Waals surface area contributed by atoms with Gasteiger partial charge in [-0.2, -0.15) is 0 Å². The van der Waals surface area contributed by atoms with Gasteiger partial charge in [0.1, 0.15) is 11.5 Å². The third-order valence-electron chi connectivity index (χ3n) is 6.72. The van der Waals surface area contributed by atoms with Gasteiger partial charge < -0.3 is 9.47 Å². The van der Waals surface area contributed by atoms with E-state index in [2.05, 4.69) is 60.7 Å². The molecule has 0 unspecified atom stereocenters. The zero-order valence-electron chi connectivity index (χ0n) is 22.7. The van der Waals surface area contributed by atoms with E-state index in [9.17, 15) is 0 Å². The zero-order valence-corrected chi connectivity index (χ0v) is 22.7. The SMILES string of the molecule is C(=C\c1ccc2ccccc2n1)/c1ccc(OCCCOc2ccc(/C=C/c3ccc4ccccc4n3)cc2)cc1. The zero-order chi connectivity index (χ0) is 27.7. The third-order valence-corrected chi connectivity index (χ3v) is 6.72. The van der Waals surface area contributed by atoms with E-state index < -0.39 is 0 Å². The van der Waals surface area contributed by atoms with Gasteiger partial charge in [0.2, 0.25) is 0 Å². The van der Waals surface area contributed by atoms with Gasteiger partial charge in [-0.3, -0.25) is 0 Å². The number of nitrogens with zero attached hydrogens (tertiary/aromatic N) is 2. The molecule has 0 radical (unpaired) electrons. The van der Waals surface area contributed by atoms with E-state index in [4.69, 9.17) is 19.4 Å². The van der Waals surface area contributed by atoms with Gasteiger partial charge in [0.25, 0.3) is 0 Å². The first kappa shape index (κ1) is 26.0. The Hall–Kier alpha value is -5.22.